The molecule has 20 heavy (non-hydrogen) atoms. The van der Waals surface area contributed by atoms with E-state index in [0.29, 0.717) is 18.3 Å². The molecule has 0 aliphatic heterocycles. The maximum Gasteiger partial charge on any atom is 0.356 e. The van der Waals surface area contributed by atoms with Crippen LogP contribution in [0.25, 0.3) is 0 Å². The summed E-state index contributed by atoms with van der Waals surface area (Å²) in [5, 5.41) is 23.3. The normalized spacial score (nSPS) is 43.1. The molecule has 4 rings (SSSR count). The Morgan fingerprint density at radius 1 is 1.25 bits per heavy atom. The van der Waals surface area contributed by atoms with Crippen molar-refractivity contribution in [3.63, 3.8) is 0 Å². The SMILES string of the molecule is CC(C)OC(=O)/C(=N/O)C12CC3CC(CC(O)(C3)C1)C2. The fourth-order valence-corrected chi connectivity index (χ4v) is 5.12. The average Bonchev–Trinajstić information content (AvgIpc) is 2.23. The largest absolute Gasteiger partial charge is 0.458 e. The third-order valence-electron chi connectivity index (χ3n) is 5.17. The van der Waals surface area contributed by atoms with Gasteiger partial charge in [0, 0.05) is 5.41 Å². The highest BCUT2D eigenvalue weighted by Gasteiger charge is 2.60. The lowest BCUT2D eigenvalue weighted by Gasteiger charge is -2.59. The van der Waals surface area contributed by atoms with Crippen LogP contribution < -0.4 is 0 Å². The number of oxime groups is 1. The van der Waals surface area contributed by atoms with E-state index in [1.807, 2.05) is 0 Å². The van der Waals surface area contributed by atoms with Crippen LogP contribution in [0.4, 0.5) is 0 Å². The van der Waals surface area contributed by atoms with Gasteiger partial charge in [-0.3, -0.25) is 0 Å². The Bertz CT molecular complexity index is 443. The third kappa shape index (κ3) is 2.12. The highest BCUT2D eigenvalue weighted by Crippen LogP contribution is 2.62. The molecule has 2 unspecified atom stereocenters. The summed E-state index contributed by atoms with van der Waals surface area (Å²) in [6, 6.07) is 0. The van der Waals surface area contributed by atoms with E-state index in [-0.39, 0.29) is 11.8 Å². The van der Waals surface area contributed by atoms with E-state index in [2.05, 4.69) is 5.16 Å². The lowest BCUT2D eigenvalue weighted by Crippen LogP contribution is -2.59. The molecule has 4 saturated carbocycles. The Balaban J connectivity index is 1.90. The summed E-state index contributed by atoms with van der Waals surface area (Å²) in [5.41, 5.74) is -1.05. The molecule has 0 heterocycles. The predicted molar refractivity (Wildman–Crippen MR) is 72.5 cm³/mol. The smallest absolute Gasteiger partial charge is 0.356 e. The molecule has 0 amide bonds. The molecule has 4 aliphatic carbocycles. The third-order valence-corrected chi connectivity index (χ3v) is 5.17. The minimum absolute atomic E-state index is 0.124. The van der Waals surface area contributed by atoms with Crippen molar-refractivity contribution in [2.45, 2.75) is 64.1 Å². The van der Waals surface area contributed by atoms with Crippen LogP contribution in [0.15, 0.2) is 5.16 Å². The standard InChI is InChI=1S/C15H23NO4/c1-9(2)20-13(17)12(16-19)14-4-10-3-11(5-14)7-15(18,6-10)8-14/h9-11,18-19H,3-8H2,1-2H3/b16-12-. The van der Waals surface area contributed by atoms with Crippen LogP contribution in [0.5, 0.6) is 0 Å². The summed E-state index contributed by atoms with van der Waals surface area (Å²) < 4.78 is 5.21. The van der Waals surface area contributed by atoms with Crippen LogP contribution in [-0.4, -0.2) is 33.7 Å². The topological polar surface area (TPSA) is 79.1 Å². The van der Waals surface area contributed by atoms with Gasteiger partial charge < -0.3 is 15.1 Å². The molecule has 0 saturated heterocycles. The number of carbonyl (C=O) groups excluding carboxylic acids is 1. The van der Waals surface area contributed by atoms with Crippen molar-refractivity contribution in [1.82, 2.24) is 0 Å². The molecule has 0 aromatic rings. The number of hydrogen-bond acceptors (Lipinski definition) is 5. The van der Waals surface area contributed by atoms with Gasteiger partial charge in [0.05, 0.1) is 11.7 Å². The van der Waals surface area contributed by atoms with Crippen molar-refractivity contribution < 1.29 is 19.8 Å². The van der Waals surface area contributed by atoms with Gasteiger partial charge in [0.2, 0.25) is 0 Å². The predicted octanol–water partition coefficient (Wildman–Crippen LogP) is 2.10. The fraction of sp³-hybridized carbons (Fsp3) is 0.867. The van der Waals surface area contributed by atoms with Gasteiger partial charge >= 0.3 is 5.97 Å². The molecule has 4 bridgehead atoms. The van der Waals surface area contributed by atoms with Crippen molar-refractivity contribution >= 4 is 11.7 Å². The lowest BCUT2D eigenvalue weighted by atomic mass is 9.46. The van der Waals surface area contributed by atoms with Crippen molar-refractivity contribution in [3.8, 4) is 0 Å². The monoisotopic (exact) mass is 281 g/mol. The van der Waals surface area contributed by atoms with Gasteiger partial charge in [-0.05, 0) is 64.2 Å². The minimum atomic E-state index is -0.682. The van der Waals surface area contributed by atoms with Crippen molar-refractivity contribution in [3.05, 3.63) is 0 Å². The summed E-state index contributed by atoms with van der Waals surface area (Å²) in [5.74, 6) is 0.336. The van der Waals surface area contributed by atoms with Crippen molar-refractivity contribution in [2.24, 2.45) is 22.4 Å². The molecular formula is C15H23NO4. The van der Waals surface area contributed by atoms with E-state index in [9.17, 15) is 15.1 Å². The van der Waals surface area contributed by atoms with E-state index >= 15 is 0 Å². The molecular weight excluding hydrogens is 258 g/mol. The zero-order valence-corrected chi connectivity index (χ0v) is 12.1. The van der Waals surface area contributed by atoms with Gasteiger partial charge in [-0.2, -0.15) is 0 Å². The van der Waals surface area contributed by atoms with Crippen LogP contribution in [0, 0.1) is 17.3 Å². The molecule has 5 nitrogen and oxygen atoms in total. The van der Waals surface area contributed by atoms with Gasteiger partial charge in [0.25, 0.3) is 0 Å². The number of hydrogen-bond donors (Lipinski definition) is 2. The molecule has 2 N–H and O–H groups in total. The average molecular weight is 281 g/mol. The first-order valence-electron chi connectivity index (χ1n) is 7.52. The van der Waals surface area contributed by atoms with Gasteiger partial charge in [-0.1, -0.05) is 5.16 Å². The number of nitrogens with zero attached hydrogens (tertiary/aromatic N) is 1. The molecule has 5 heteroatoms. The second kappa shape index (κ2) is 4.45. The molecule has 0 spiro atoms. The van der Waals surface area contributed by atoms with Gasteiger partial charge in [-0.15, -0.1) is 0 Å². The molecule has 0 aromatic heterocycles. The van der Waals surface area contributed by atoms with E-state index in [1.54, 1.807) is 13.8 Å². The lowest BCUT2D eigenvalue weighted by molar-refractivity contribution is -0.151. The van der Waals surface area contributed by atoms with E-state index in [0.717, 1.165) is 32.1 Å². The zero-order chi connectivity index (χ0) is 14.5. The van der Waals surface area contributed by atoms with E-state index in [4.69, 9.17) is 4.74 Å². The second-order valence-corrected chi connectivity index (χ2v) is 7.37. The zero-order valence-electron chi connectivity index (χ0n) is 12.1. The Morgan fingerprint density at radius 3 is 2.30 bits per heavy atom. The highest BCUT2D eigenvalue weighted by molar-refractivity contribution is 6.38. The van der Waals surface area contributed by atoms with E-state index in [1.165, 1.54) is 0 Å². The summed E-state index contributed by atoms with van der Waals surface area (Å²) in [4.78, 5) is 12.2. The summed E-state index contributed by atoms with van der Waals surface area (Å²) >= 11 is 0. The number of carbonyl (C=O) groups is 1. The first-order valence-corrected chi connectivity index (χ1v) is 7.52. The Kier molecular flexibility index (Phi) is 3.08. The van der Waals surface area contributed by atoms with Crippen molar-refractivity contribution in [1.29, 1.82) is 0 Å². The van der Waals surface area contributed by atoms with Crippen LogP contribution in [0.1, 0.15) is 52.4 Å². The maximum absolute atomic E-state index is 12.2. The molecule has 0 radical (unpaired) electrons. The summed E-state index contributed by atoms with van der Waals surface area (Å²) in [7, 11) is 0. The van der Waals surface area contributed by atoms with Crippen LogP contribution in [-0.2, 0) is 9.53 Å². The van der Waals surface area contributed by atoms with Crippen LogP contribution in [0.3, 0.4) is 0 Å². The van der Waals surface area contributed by atoms with Crippen molar-refractivity contribution in [2.75, 3.05) is 0 Å². The number of ether oxygens (including phenoxy) is 1. The maximum atomic E-state index is 12.2. The summed E-state index contributed by atoms with van der Waals surface area (Å²) in [6.07, 6.45) is 4.72. The highest BCUT2D eigenvalue weighted by atomic mass is 16.5. The van der Waals surface area contributed by atoms with Crippen LogP contribution in [0.2, 0.25) is 0 Å². The van der Waals surface area contributed by atoms with Gasteiger partial charge in [-0.25, -0.2) is 4.79 Å². The number of esters is 1. The second-order valence-electron chi connectivity index (χ2n) is 7.37. The Morgan fingerprint density at radius 2 is 1.85 bits per heavy atom. The number of rotatable bonds is 3. The summed E-state index contributed by atoms with van der Waals surface area (Å²) in [6.45, 7) is 3.56. The quantitative estimate of drug-likeness (QED) is 0.359. The van der Waals surface area contributed by atoms with E-state index < -0.39 is 17.0 Å². The first-order chi connectivity index (χ1) is 9.36. The van der Waals surface area contributed by atoms with Gasteiger partial charge in [0.15, 0.2) is 5.71 Å². The molecule has 4 aliphatic rings. The molecule has 4 fully saturated rings. The van der Waals surface area contributed by atoms with Crippen LogP contribution >= 0.6 is 0 Å². The fourth-order valence-electron chi connectivity index (χ4n) is 5.12. The molecule has 2 atom stereocenters. The van der Waals surface area contributed by atoms with Gasteiger partial charge in [0.1, 0.15) is 0 Å². The number of aliphatic hydroxyl groups is 1. The Labute approximate surface area is 119 Å². The molecule has 0 aromatic carbocycles. The molecule has 112 valence electrons. The minimum Gasteiger partial charge on any atom is -0.458 e. The Hall–Kier alpha value is -1.10. The first kappa shape index (κ1) is 13.9.